The first-order valence-corrected chi connectivity index (χ1v) is 9.96. The monoisotopic (exact) mass is 428 g/mol. The van der Waals surface area contributed by atoms with Crippen molar-refractivity contribution in [3.8, 4) is 5.75 Å². The molecule has 3 aliphatic rings. The number of carbonyl (C=O) groups is 2. The van der Waals surface area contributed by atoms with Gasteiger partial charge in [-0.15, -0.1) is 0 Å². The SMILES string of the molecule is O=C(COc1ccc(Cl)c(F)c1)CC12CC(NC(=O)c3ccn4nccc4n3)(C1)C2. The van der Waals surface area contributed by atoms with Gasteiger partial charge in [0.05, 0.1) is 11.2 Å². The highest BCUT2D eigenvalue weighted by Crippen LogP contribution is 2.69. The van der Waals surface area contributed by atoms with Crippen molar-refractivity contribution in [3.63, 3.8) is 0 Å². The topological polar surface area (TPSA) is 85.6 Å². The molecule has 0 saturated heterocycles. The molecule has 9 heteroatoms. The zero-order valence-electron chi connectivity index (χ0n) is 15.9. The van der Waals surface area contributed by atoms with E-state index >= 15 is 0 Å². The molecule has 2 aromatic heterocycles. The summed E-state index contributed by atoms with van der Waals surface area (Å²) in [6.07, 6.45) is 6.01. The minimum atomic E-state index is -0.583. The summed E-state index contributed by atoms with van der Waals surface area (Å²) < 4.78 is 20.4. The highest BCUT2D eigenvalue weighted by molar-refractivity contribution is 6.30. The lowest BCUT2D eigenvalue weighted by atomic mass is 9.38. The van der Waals surface area contributed by atoms with E-state index in [1.54, 1.807) is 29.0 Å². The summed E-state index contributed by atoms with van der Waals surface area (Å²) in [7, 11) is 0. The predicted molar refractivity (Wildman–Crippen MR) is 106 cm³/mol. The molecule has 3 aromatic rings. The molecular weight excluding hydrogens is 411 g/mol. The molecule has 0 spiro atoms. The minimum absolute atomic E-state index is 0.00944. The number of hydrogen-bond donors (Lipinski definition) is 1. The summed E-state index contributed by atoms with van der Waals surface area (Å²) in [5.74, 6) is -0.570. The lowest BCUT2D eigenvalue weighted by molar-refractivity contribution is -0.162. The fourth-order valence-electron chi connectivity index (χ4n) is 4.76. The quantitative estimate of drug-likeness (QED) is 0.624. The van der Waals surface area contributed by atoms with Crippen molar-refractivity contribution in [2.75, 3.05) is 6.61 Å². The number of benzene rings is 1. The van der Waals surface area contributed by atoms with E-state index in [0.29, 0.717) is 17.8 Å². The fraction of sp³-hybridized carbons (Fsp3) is 0.333. The molecule has 7 nitrogen and oxygen atoms in total. The average Bonchev–Trinajstić information content (AvgIpc) is 3.14. The Morgan fingerprint density at radius 1 is 1.23 bits per heavy atom. The van der Waals surface area contributed by atoms with Crippen LogP contribution in [-0.2, 0) is 4.79 Å². The Morgan fingerprint density at radius 3 is 2.80 bits per heavy atom. The van der Waals surface area contributed by atoms with Crippen LogP contribution < -0.4 is 10.1 Å². The molecule has 0 unspecified atom stereocenters. The first-order chi connectivity index (χ1) is 14.4. The van der Waals surface area contributed by atoms with E-state index in [-0.39, 0.29) is 40.0 Å². The second-order valence-electron chi connectivity index (χ2n) is 8.29. The summed E-state index contributed by atoms with van der Waals surface area (Å²) in [5.41, 5.74) is 0.650. The van der Waals surface area contributed by atoms with Crippen LogP contribution in [0.3, 0.4) is 0 Å². The normalized spacial score (nSPS) is 24.1. The largest absolute Gasteiger partial charge is 0.486 e. The van der Waals surface area contributed by atoms with Crippen LogP contribution >= 0.6 is 11.6 Å². The Morgan fingerprint density at radius 2 is 2.03 bits per heavy atom. The van der Waals surface area contributed by atoms with Crippen molar-refractivity contribution in [2.45, 2.75) is 31.2 Å². The van der Waals surface area contributed by atoms with Crippen LogP contribution in [0.4, 0.5) is 4.39 Å². The van der Waals surface area contributed by atoms with E-state index in [2.05, 4.69) is 15.4 Å². The summed E-state index contributed by atoms with van der Waals surface area (Å²) in [5, 5.41) is 7.14. The maximum Gasteiger partial charge on any atom is 0.270 e. The maximum absolute atomic E-state index is 13.4. The van der Waals surface area contributed by atoms with Gasteiger partial charge in [-0.05, 0) is 42.9 Å². The van der Waals surface area contributed by atoms with Gasteiger partial charge >= 0.3 is 0 Å². The van der Waals surface area contributed by atoms with Crippen molar-refractivity contribution in [2.24, 2.45) is 5.41 Å². The Kier molecular flexibility index (Phi) is 4.28. The number of hydrogen-bond acceptors (Lipinski definition) is 5. The number of aromatic nitrogens is 3. The summed E-state index contributed by atoms with van der Waals surface area (Å²) in [6, 6.07) is 7.45. The second-order valence-corrected chi connectivity index (χ2v) is 8.70. The fourth-order valence-corrected chi connectivity index (χ4v) is 4.88. The van der Waals surface area contributed by atoms with Crippen molar-refractivity contribution >= 4 is 28.9 Å². The molecule has 30 heavy (non-hydrogen) atoms. The zero-order valence-corrected chi connectivity index (χ0v) is 16.7. The van der Waals surface area contributed by atoms with Gasteiger partial charge in [-0.25, -0.2) is 13.9 Å². The first kappa shape index (κ1) is 19.0. The third-order valence-electron chi connectivity index (χ3n) is 5.87. The van der Waals surface area contributed by atoms with Crippen LogP contribution in [0.1, 0.15) is 36.2 Å². The minimum Gasteiger partial charge on any atom is -0.486 e. The number of rotatable bonds is 7. The molecule has 0 aliphatic heterocycles. The van der Waals surface area contributed by atoms with Gasteiger partial charge in [0.25, 0.3) is 5.91 Å². The molecule has 6 rings (SSSR count). The van der Waals surface area contributed by atoms with Crippen LogP contribution in [-0.4, -0.2) is 38.4 Å². The van der Waals surface area contributed by atoms with E-state index in [4.69, 9.17) is 16.3 Å². The molecule has 1 amide bonds. The second kappa shape index (κ2) is 6.77. The number of ether oxygens (including phenoxy) is 1. The molecule has 154 valence electrons. The van der Waals surface area contributed by atoms with Crippen LogP contribution in [0.25, 0.3) is 5.65 Å². The van der Waals surface area contributed by atoms with E-state index in [1.165, 1.54) is 12.1 Å². The number of ketones is 1. The lowest BCUT2D eigenvalue weighted by Gasteiger charge is -2.70. The molecule has 1 N–H and O–H groups in total. The van der Waals surface area contributed by atoms with Gasteiger partial charge in [-0.2, -0.15) is 5.10 Å². The molecule has 2 bridgehead atoms. The van der Waals surface area contributed by atoms with E-state index in [9.17, 15) is 14.0 Å². The molecule has 1 aromatic carbocycles. The third-order valence-corrected chi connectivity index (χ3v) is 6.18. The molecule has 3 saturated carbocycles. The summed E-state index contributed by atoms with van der Waals surface area (Å²) >= 11 is 5.64. The standard InChI is InChI=1S/C21H18ClFN4O3/c22-15-2-1-14(7-16(15)23)30-9-13(28)8-20-10-21(11-20,12-20)26-19(29)17-4-6-27-18(25-17)3-5-24-27/h1-7H,8-12H2,(H,26,29). The van der Waals surface area contributed by atoms with Gasteiger partial charge in [0.15, 0.2) is 11.4 Å². The maximum atomic E-state index is 13.4. The molecule has 2 heterocycles. The zero-order chi connectivity index (χ0) is 20.9. The number of Topliss-reactive ketones (excluding diaryl/α,β-unsaturated/α-hetero) is 1. The summed E-state index contributed by atoms with van der Waals surface area (Å²) in [4.78, 5) is 29.2. The highest BCUT2D eigenvalue weighted by atomic mass is 35.5. The van der Waals surface area contributed by atoms with Crippen LogP contribution in [0.2, 0.25) is 5.02 Å². The van der Waals surface area contributed by atoms with Crippen molar-refractivity contribution < 1.29 is 18.7 Å². The van der Waals surface area contributed by atoms with E-state index in [0.717, 1.165) is 25.3 Å². The smallest absolute Gasteiger partial charge is 0.270 e. The van der Waals surface area contributed by atoms with Gasteiger partial charge in [-0.3, -0.25) is 9.59 Å². The van der Waals surface area contributed by atoms with Crippen molar-refractivity contribution in [1.82, 2.24) is 19.9 Å². The van der Waals surface area contributed by atoms with Crippen molar-refractivity contribution in [1.29, 1.82) is 0 Å². The van der Waals surface area contributed by atoms with Gasteiger partial charge < -0.3 is 10.1 Å². The average molecular weight is 429 g/mol. The highest BCUT2D eigenvalue weighted by Gasteiger charge is 2.68. The number of fused-ring (bicyclic) bond motifs is 1. The molecule has 3 aliphatic carbocycles. The van der Waals surface area contributed by atoms with Gasteiger partial charge in [-0.1, -0.05) is 11.6 Å². The predicted octanol–water partition coefficient (Wildman–Crippen LogP) is 3.21. The molecule has 0 radical (unpaired) electrons. The molecule has 0 atom stereocenters. The Balaban J connectivity index is 1.11. The number of carbonyl (C=O) groups excluding carboxylic acids is 2. The number of halogens is 2. The van der Waals surface area contributed by atoms with E-state index in [1.807, 2.05) is 0 Å². The number of nitrogens with one attached hydrogen (secondary N) is 1. The Labute approximate surface area is 176 Å². The Hall–Kier alpha value is -3.00. The lowest BCUT2D eigenvalue weighted by Crippen LogP contribution is -2.75. The van der Waals surface area contributed by atoms with Gasteiger partial charge in [0, 0.05) is 30.3 Å². The van der Waals surface area contributed by atoms with E-state index < -0.39 is 5.82 Å². The van der Waals surface area contributed by atoms with Crippen LogP contribution in [0.15, 0.2) is 42.7 Å². The molecular formula is C21H18ClFN4O3. The third kappa shape index (κ3) is 3.31. The summed E-state index contributed by atoms with van der Waals surface area (Å²) in [6.45, 7) is -0.114. The molecule has 3 fully saturated rings. The van der Waals surface area contributed by atoms with Gasteiger partial charge in [0.1, 0.15) is 23.9 Å². The van der Waals surface area contributed by atoms with Crippen LogP contribution in [0.5, 0.6) is 5.75 Å². The van der Waals surface area contributed by atoms with Gasteiger partial charge in [0.2, 0.25) is 0 Å². The van der Waals surface area contributed by atoms with Crippen molar-refractivity contribution in [3.05, 3.63) is 59.3 Å². The number of amides is 1. The first-order valence-electron chi connectivity index (χ1n) is 9.58. The Bertz CT molecular complexity index is 1160. The van der Waals surface area contributed by atoms with Crippen LogP contribution in [0, 0.1) is 11.2 Å². The number of nitrogens with zero attached hydrogens (tertiary/aromatic N) is 3.